The molecule has 0 radical (unpaired) electrons. The lowest BCUT2D eigenvalue weighted by Gasteiger charge is -2.12. The molecule has 0 spiro atoms. The van der Waals surface area contributed by atoms with E-state index in [9.17, 15) is 4.79 Å². The zero-order valence-electron chi connectivity index (χ0n) is 11.4. The second kappa shape index (κ2) is 6.02. The minimum Gasteiger partial charge on any atom is -0.293 e. The molecule has 3 heteroatoms. The lowest BCUT2D eigenvalue weighted by molar-refractivity contribution is 0.0993. The molecular weight excluding hydrogens is 254 g/mol. The summed E-state index contributed by atoms with van der Waals surface area (Å²) in [6, 6.07) is 11.7. The Hall–Kier alpha value is -1.61. The van der Waals surface area contributed by atoms with Crippen molar-refractivity contribution in [3.05, 3.63) is 59.3 Å². The fourth-order valence-corrected chi connectivity index (χ4v) is 2.75. The van der Waals surface area contributed by atoms with Gasteiger partial charge in [0.05, 0.1) is 10.3 Å². The molecule has 0 aliphatic rings. The van der Waals surface area contributed by atoms with E-state index in [1.165, 1.54) is 11.8 Å². The number of nitrogens with zero attached hydrogens (tertiary/aromatic N) is 1. The Bertz CT molecular complexity index is 581. The summed E-state index contributed by atoms with van der Waals surface area (Å²) in [5.74, 6) is 0.164. The van der Waals surface area contributed by atoms with E-state index in [4.69, 9.17) is 0 Å². The molecular formula is C16H17NOS. The Labute approximate surface area is 118 Å². The van der Waals surface area contributed by atoms with Crippen LogP contribution in [0, 0.1) is 13.8 Å². The van der Waals surface area contributed by atoms with Gasteiger partial charge in [-0.15, -0.1) is 0 Å². The van der Waals surface area contributed by atoms with Crippen LogP contribution >= 0.6 is 11.8 Å². The number of Topliss-reactive ketones (excluding diaryl/α,β-unsaturated/α-hetero) is 1. The van der Waals surface area contributed by atoms with Gasteiger partial charge in [-0.3, -0.25) is 4.79 Å². The molecule has 1 aromatic carbocycles. The number of aromatic nitrogens is 1. The molecule has 0 N–H and O–H groups in total. The number of pyridine rings is 1. The Morgan fingerprint density at radius 3 is 2.68 bits per heavy atom. The summed E-state index contributed by atoms with van der Waals surface area (Å²) in [6.07, 6.45) is 1.75. The molecule has 1 unspecified atom stereocenters. The SMILES string of the molecule is Cc1ccc(C)c(C(=O)C(C)Sc2ccccn2)c1. The van der Waals surface area contributed by atoms with E-state index in [2.05, 4.69) is 4.98 Å². The second-order valence-corrected chi connectivity index (χ2v) is 5.97. The molecule has 2 aromatic rings. The number of rotatable bonds is 4. The van der Waals surface area contributed by atoms with Crippen molar-refractivity contribution >= 4 is 17.5 Å². The Kier molecular flexibility index (Phi) is 4.38. The molecule has 2 nitrogen and oxygen atoms in total. The fourth-order valence-electron chi connectivity index (χ4n) is 1.87. The van der Waals surface area contributed by atoms with Crippen molar-refractivity contribution in [1.82, 2.24) is 4.98 Å². The first-order chi connectivity index (χ1) is 9.08. The van der Waals surface area contributed by atoms with E-state index in [1.54, 1.807) is 6.20 Å². The van der Waals surface area contributed by atoms with Crippen LogP contribution in [0.4, 0.5) is 0 Å². The Balaban J connectivity index is 2.17. The molecule has 1 atom stereocenters. The van der Waals surface area contributed by atoms with E-state index in [-0.39, 0.29) is 11.0 Å². The van der Waals surface area contributed by atoms with Crippen LogP contribution < -0.4 is 0 Å². The van der Waals surface area contributed by atoms with E-state index in [0.29, 0.717) is 0 Å². The van der Waals surface area contributed by atoms with Crippen LogP contribution in [0.15, 0.2) is 47.6 Å². The second-order valence-electron chi connectivity index (χ2n) is 4.61. The van der Waals surface area contributed by atoms with Crippen molar-refractivity contribution in [2.75, 3.05) is 0 Å². The normalized spacial score (nSPS) is 12.2. The zero-order valence-corrected chi connectivity index (χ0v) is 12.2. The van der Waals surface area contributed by atoms with Crippen molar-refractivity contribution in [3.8, 4) is 0 Å². The highest BCUT2D eigenvalue weighted by molar-refractivity contribution is 8.00. The van der Waals surface area contributed by atoms with Gasteiger partial charge >= 0.3 is 0 Å². The van der Waals surface area contributed by atoms with Gasteiger partial charge in [0.2, 0.25) is 0 Å². The average Bonchev–Trinajstić information content (AvgIpc) is 2.42. The van der Waals surface area contributed by atoms with E-state index < -0.39 is 0 Å². The molecule has 0 saturated heterocycles. The first kappa shape index (κ1) is 13.8. The molecule has 0 fully saturated rings. The Morgan fingerprint density at radius 1 is 1.21 bits per heavy atom. The first-order valence-corrected chi connectivity index (χ1v) is 7.15. The van der Waals surface area contributed by atoms with Crippen LogP contribution in [0.25, 0.3) is 0 Å². The van der Waals surface area contributed by atoms with Gasteiger partial charge in [0, 0.05) is 11.8 Å². The van der Waals surface area contributed by atoms with Crippen LogP contribution in [-0.4, -0.2) is 16.0 Å². The number of benzene rings is 1. The number of aryl methyl sites for hydroxylation is 2. The minimum atomic E-state index is -0.129. The van der Waals surface area contributed by atoms with Gasteiger partial charge in [0.1, 0.15) is 0 Å². The number of hydrogen-bond acceptors (Lipinski definition) is 3. The molecule has 98 valence electrons. The lowest BCUT2D eigenvalue weighted by Crippen LogP contribution is -2.15. The van der Waals surface area contributed by atoms with E-state index in [1.807, 2.05) is 57.2 Å². The van der Waals surface area contributed by atoms with Crippen LogP contribution in [0.3, 0.4) is 0 Å². The van der Waals surface area contributed by atoms with Crippen LogP contribution in [-0.2, 0) is 0 Å². The predicted octanol–water partition coefficient (Wildman–Crippen LogP) is 4.06. The van der Waals surface area contributed by atoms with Crippen molar-refractivity contribution in [3.63, 3.8) is 0 Å². The third-order valence-corrected chi connectivity index (χ3v) is 4.01. The third-order valence-electron chi connectivity index (χ3n) is 2.96. The minimum absolute atomic E-state index is 0.129. The zero-order chi connectivity index (χ0) is 13.8. The summed E-state index contributed by atoms with van der Waals surface area (Å²) in [6.45, 7) is 5.92. The van der Waals surface area contributed by atoms with E-state index >= 15 is 0 Å². The average molecular weight is 271 g/mol. The molecule has 1 heterocycles. The van der Waals surface area contributed by atoms with Crippen molar-refractivity contribution < 1.29 is 4.79 Å². The molecule has 0 amide bonds. The quantitative estimate of drug-likeness (QED) is 0.620. The van der Waals surface area contributed by atoms with Gasteiger partial charge in [-0.25, -0.2) is 4.98 Å². The smallest absolute Gasteiger partial charge is 0.176 e. The fraction of sp³-hybridized carbons (Fsp3) is 0.250. The number of hydrogen-bond donors (Lipinski definition) is 0. The van der Waals surface area contributed by atoms with Gasteiger partial charge in [0.15, 0.2) is 5.78 Å². The van der Waals surface area contributed by atoms with Gasteiger partial charge in [0.25, 0.3) is 0 Å². The summed E-state index contributed by atoms with van der Waals surface area (Å²) in [7, 11) is 0. The van der Waals surface area contributed by atoms with Crippen molar-refractivity contribution in [1.29, 1.82) is 0 Å². The summed E-state index contributed by atoms with van der Waals surface area (Å²) in [5, 5.41) is 0.754. The maximum absolute atomic E-state index is 12.5. The standard InChI is InChI=1S/C16H17NOS/c1-11-7-8-12(2)14(10-11)16(18)13(3)19-15-6-4-5-9-17-15/h4-10,13H,1-3H3. The molecule has 1 aromatic heterocycles. The predicted molar refractivity (Wildman–Crippen MR) is 79.8 cm³/mol. The highest BCUT2D eigenvalue weighted by Gasteiger charge is 2.18. The van der Waals surface area contributed by atoms with Crippen molar-refractivity contribution in [2.24, 2.45) is 0 Å². The summed E-state index contributed by atoms with van der Waals surface area (Å²) in [5.41, 5.74) is 2.96. The molecule has 2 rings (SSSR count). The van der Waals surface area contributed by atoms with Gasteiger partial charge in [-0.2, -0.15) is 0 Å². The molecule has 19 heavy (non-hydrogen) atoms. The molecule has 0 aliphatic carbocycles. The largest absolute Gasteiger partial charge is 0.293 e. The summed E-state index contributed by atoms with van der Waals surface area (Å²) < 4.78 is 0. The Morgan fingerprint density at radius 2 is 2.00 bits per heavy atom. The number of ketones is 1. The first-order valence-electron chi connectivity index (χ1n) is 6.27. The monoisotopic (exact) mass is 271 g/mol. The van der Waals surface area contributed by atoms with Gasteiger partial charge in [-0.05, 0) is 44.5 Å². The van der Waals surface area contributed by atoms with Crippen LogP contribution in [0.2, 0.25) is 0 Å². The van der Waals surface area contributed by atoms with Gasteiger partial charge in [-0.1, -0.05) is 35.5 Å². The maximum atomic E-state index is 12.5. The summed E-state index contributed by atoms with van der Waals surface area (Å²) >= 11 is 1.50. The van der Waals surface area contributed by atoms with Crippen LogP contribution in [0.5, 0.6) is 0 Å². The highest BCUT2D eigenvalue weighted by Crippen LogP contribution is 2.25. The highest BCUT2D eigenvalue weighted by atomic mass is 32.2. The molecule has 0 saturated carbocycles. The lowest BCUT2D eigenvalue weighted by atomic mass is 10.0. The number of carbonyl (C=O) groups excluding carboxylic acids is 1. The number of thioether (sulfide) groups is 1. The van der Waals surface area contributed by atoms with E-state index in [0.717, 1.165) is 21.7 Å². The molecule has 0 bridgehead atoms. The topological polar surface area (TPSA) is 30.0 Å². The summed E-state index contributed by atoms with van der Waals surface area (Å²) in [4.78, 5) is 16.7. The van der Waals surface area contributed by atoms with Gasteiger partial charge < -0.3 is 0 Å². The number of carbonyl (C=O) groups is 1. The third kappa shape index (κ3) is 3.44. The van der Waals surface area contributed by atoms with Crippen molar-refractivity contribution in [2.45, 2.75) is 31.0 Å². The molecule has 0 aliphatic heterocycles. The maximum Gasteiger partial charge on any atom is 0.176 e. The van der Waals surface area contributed by atoms with Crippen LogP contribution in [0.1, 0.15) is 28.4 Å².